The summed E-state index contributed by atoms with van der Waals surface area (Å²) in [4.78, 5) is 14.7. The first-order valence-corrected chi connectivity index (χ1v) is 8.80. The molecule has 3 heterocycles. The molecule has 0 fully saturated rings. The van der Waals surface area contributed by atoms with E-state index in [9.17, 15) is 4.79 Å². The first kappa shape index (κ1) is 16.5. The Bertz CT molecular complexity index is 909. The molecule has 0 N–H and O–H groups in total. The highest BCUT2D eigenvalue weighted by Crippen LogP contribution is 2.18. The predicted molar refractivity (Wildman–Crippen MR) is 94.9 cm³/mol. The summed E-state index contributed by atoms with van der Waals surface area (Å²) < 4.78 is 7.29. The maximum absolute atomic E-state index is 12.9. The van der Waals surface area contributed by atoms with Gasteiger partial charge in [-0.05, 0) is 19.4 Å². The van der Waals surface area contributed by atoms with Gasteiger partial charge in [0.05, 0.1) is 5.69 Å². The van der Waals surface area contributed by atoms with E-state index in [4.69, 9.17) is 4.52 Å². The first-order chi connectivity index (χ1) is 12.6. The third-order valence-corrected chi connectivity index (χ3v) is 4.84. The van der Waals surface area contributed by atoms with E-state index in [1.54, 1.807) is 13.8 Å². The zero-order valence-corrected chi connectivity index (χ0v) is 15.0. The third kappa shape index (κ3) is 3.00. The highest BCUT2D eigenvalue weighted by atomic mass is 16.5. The minimum atomic E-state index is -0.0235. The van der Waals surface area contributed by atoms with E-state index < -0.39 is 0 Å². The van der Waals surface area contributed by atoms with Gasteiger partial charge in [-0.3, -0.25) is 4.79 Å². The first-order valence-electron chi connectivity index (χ1n) is 8.80. The fourth-order valence-electron chi connectivity index (χ4n) is 3.44. The lowest BCUT2D eigenvalue weighted by Crippen LogP contribution is -2.34. The number of nitrogens with zero attached hydrogens (tertiary/aromatic N) is 5. The lowest BCUT2D eigenvalue weighted by Gasteiger charge is -2.19. The molecule has 7 nitrogen and oxygen atoms in total. The van der Waals surface area contributed by atoms with Gasteiger partial charge in [0.25, 0.3) is 5.91 Å². The quantitative estimate of drug-likeness (QED) is 0.723. The Labute approximate surface area is 151 Å². The van der Waals surface area contributed by atoms with Gasteiger partial charge in [0.15, 0.2) is 0 Å². The van der Waals surface area contributed by atoms with Gasteiger partial charge < -0.3 is 14.0 Å². The summed E-state index contributed by atoms with van der Waals surface area (Å²) in [5, 5.41) is 12.6. The zero-order valence-electron chi connectivity index (χ0n) is 15.0. The maximum Gasteiger partial charge on any atom is 0.259 e. The normalized spacial score (nSPS) is 14.2. The van der Waals surface area contributed by atoms with Crippen LogP contribution < -0.4 is 0 Å². The van der Waals surface area contributed by atoms with Crippen molar-refractivity contribution in [2.45, 2.75) is 33.2 Å². The second-order valence-electron chi connectivity index (χ2n) is 6.59. The van der Waals surface area contributed by atoms with Crippen molar-refractivity contribution in [1.82, 2.24) is 24.8 Å². The summed E-state index contributed by atoms with van der Waals surface area (Å²) in [5.41, 5.74) is 2.42. The number of benzene rings is 1. The Morgan fingerprint density at radius 2 is 1.92 bits per heavy atom. The molecule has 1 aromatic carbocycles. The van der Waals surface area contributed by atoms with Gasteiger partial charge in [-0.2, -0.15) is 0 Å². The molecule has 1 amide bonds. The van der Waals surface area contributed by atoms with Gasteiger partial charge in [-0.1, -0.05) is 35.5 Å². The fourth-order valence-corrected chi connectivity index (χ4v) is 3.44. The molecule has 4 rings (SSSR count). The van der Waals surface area contributed by atoms with Crippen LogP contribution in [-0.4, -0.2) is 43.8 Å². The summed E-state index contributed by atoms with van der Waals surface area (Å²) in [7, 11) is 0. The molecular formula is C19H21N5O2. The topological polar surface area (TPSA) is 77.1 Å². The average molecular weight is 351 g/mol. The highest BCUT2D eigenvalue weighted by Gasteiger charge is 2.26. The van der Waals surface area contributed by atoms with E-state index in [2.05, 4.69) is 32.1 Å². The standard InChI is InChI=1S/C19H21N5O2/c1-13-18(14(2)26-22-13)19(25)23-9-8-16-20-21-17(24(16)11-10-23)12-15-6-4-3-5-7-15/h3-7H,8-12H2,1-2H3. The number of carbonyl (C=O) groups excluding carboxylic acids is 1. The smallest absolute Gasteiger partial charge is 0.259 e. The third-order valence-electron chi connectivity index (χ3n) is 4.84. The van der Waals surface area contributed by atoms with Crippen LogP contribution in [0.1, 0.15) is 39.0 Å². The van der Waals surface area contributed by atoms with Gasteiger partial charge in [0.1, 0.15) is 23.0 Å². The molecule has 0 unspecified atom stereocenters. The SMILES string of the molecule is Cc1noc(C)c1C(=O)N1CCc2nnc(Cc3ccccc3)n2CC1. The molecule has 0 aliphatic carbocycles. The van der Waals surface area contributed by atoms with Gasteiger partial charge in [0.2, 0.25) is 0 Å². The predicted octanol–water partition coefficient (Wildman–Crippen LogP) is 2.17. The van der Waals surface area contributed by atoms with Crippen LogP contribution in [0.25, 0.3) is 0 Å². The lowest BCUT2D eigenvalue weighted by molar-refractivity contribution is 0.0756. The maximum atomic E-state index is 12.9. The van der Waals surface area contributed by atoms with Crippen LogP contribution in [0.4, 0.5) is 0 Å². The van der Waals surface area contributed by atoms with Gasteiger partial charge in [-0.25, -0.2) is 0 Å². The van der Waals surface area contributed by atoms with Gasteiger partial charge in [0, 0.05) is 32.5 Å². The zero-order chi connectivity index (χ0) is 18.1. The van der Waals surface area contributed by atoms with Crippen molar-refractivity contribution >= 4 is 5.91 Å². The van der Waals surface area contributed by atoms with Crippen LogP contribution in [0.5, 0.6) is 0 Å². The van der Waals surface area contributed by atoms with E-state index >= 15 is 0 Å². The van der Waals surface area contributed by atoms with Crippen molar-refractivity contribution in [3.05, 3.63) is 64.6 Å². The summed E-state index contributed by atoms with van der Waals surface area (Å²) in [6.07, 6.45) is 1.43. The fraction of sp³-hybridized carbons (Fsp3) is 0.368. The van der Waals surface area contributed by atoms with Crippen LogP contribution in [-0.2, 0) is 19.4 Å². The van der Waals surface area contributed by atoms with Crippen LogP contribution >= 0.6 is 0 Å². The average Bonchev–Trinajstić information content (AvgIpc) is 3.10. The number of amides is 1. The van der Waals surface area contributed by atoms with Crippen LogP contribution in [0.2, 0.25) is 0 Å². The molecule has 0 saturated carbocycles. The number of hydrogen-bond acceptors (Lipinski definition) is 5. The molecule has 0 radical (unpaired) electrons. The number of aromatic nitrogens is 4. The van der Waals surface area contributed by atoms with E-state index in [-0.39, 0.29) is 5.91 Å². The van der Waals surface area contributed by atoms with Crippen molar-refractivity contribution in [3.63, 3.8) is 0 Å². The molecule has 134 valence electrons. The molecule has 1 aliphatic rings. The number of rotatable bonds is 3. The van der Waals surface area contributed by atoms with Gasteiger partial charge in [-0.15, -0.1) is 10.2 Å². The molecule has 3 aromatic rings. The van der Waals surface area contributed by atoms with Crippen molar-refractivity contribution < 1.29 is 9.32 Å². The van der Waals surface area contributed by atoms with Crippen LogP contribution in [0, 0.1) is 13.8 Å². The molecule has 7 heteroatoms. The molecule has 0 bridgehead atoms. The summed E-state index contributed by atoms with van der Waals surface area (Å²) in [5.74, 6) is 2.42. The second kappa shape index (κ2) is 6.74. The van der Waals surface area contributed by atoms with Gasteiger partial charge >= 0.3 is 0 Å². The molecule has 0 atom stereocenters. The molecule has 0 spiro atoms. The molecule has 2 aromatic heterocycles. The largest absolute Gasteiger partial charge is 0.361 e. The van der Waals surface area contributed by atoms with Crippen LogP contribution in [0.15, 0.2) is 34.9 Å². The Morgan fingerprint density at radius 1 is 1.12 bits per heavy atom. The summed E-state index contributed by atoms with van der Waals surface area (Å²) in [6, 6.07) is 10.2. The van der Waals surface area contributed by atoms with E-state index in [1.807, 2.05) is 23.1 Å². The Hall–Kier alpha value is -2.96. The Morgan fingerprint density at radius 3 is 2.65 bits per heavy atom. The Balaban J connectivity index is 1.52. The summed E-state index contributed by atoms with van der Waals surface area (Å²) >= 11 is 0. The molecule has 1 aliphatic heterocycles. The number of fused-ring (bicyclic) bond motifs is 1. The second-order valence-corrected chi connectivity index (χ2v) is 6.59. The van der Waals surface area contributed by atoms with E-state index in [1.165, 1.54) is 5.56 Å². The number of carbonyl (C=O) groups is 1. The summed E-state index contributed by atoms with van der Waals surface area (Å²) in [6.45, 7) is 5.51. The van der Waals surface area contributed by atoms with Crippen LogP contribution in [0.3, 0.4) is 0 Å². The monoisotopic (exact) mass is 351 g/mol. The van der Waals surface area contributed by atoms with Crippen molar-refractivity contribution in [3.8, 4) is 0 Å². The molecule has 26 heavy (non-hydrogen) atoms. The van der Waals surface area contributed by atoms with Crippen molar-refractivity contribution in [1.29, 1.82) is 0 Å². The minimum Gasteiger partial charge on any atom is -0.361 e. The van der Waals surface area contributed by atoms with E-state index in [0.29, 0.717) is 43.1 Å². The number of aryl methyl sites for hydroxylation is 2. The van der Waals surface area contributed by atoms with E-state index in [0.717, 1.165) is 18.1 Å². The highest BCUT2D eigenvalue weighted by molar-refractivity contribution is 5.96. The molecule has 0 saturated heterocycles. The number of hydrogen-bond donors (Lipinski definition) is 0. The van der Waals surface area contributed by atoms with Crippen molar-refractivity contribution in [2.75, 3.05) is 13.1 Å². The lowest BCUT2D eigenvalue weighted by atomic mass is 10.1. The van der Waals surface area contributed by atoms with Crippen molar-refractivity contribution in [2.24, 2.45) is 0 Å². The Kier molecular flexibility index (Phi) is 4.28. The minimum absolute atomic E-state index is 0.0235. The molecular weight excluding hydrogens is 330 g/mol.